The summed E-state index contributed by atoms with van der Waals surface area (Å²) in [6.07, 6.45) is 0.739. The molecule has 3 rings (SSSR count). The number of rotatable bonds is 2. The molecule has 0 aliphatic rings. The van der Waals surface area contributed by atoms with Crippen LogP contribution in [-0.4, -0.2) is 20.9 Å². The third-order valence-electron chi connectivity index (χ3n) is 2.69. The maximum atomic E-state index is 13.1. The van der Waals surface area contributed by atoms with E-state index < -0.39 is 0 Å². The van der Waals surface area contributed by atoms with E-state index in [1.165, 1.54) is 10.9 Å². The highest BCUT2D eigenvalue weighted by molar-refractivity contribution is 7.19. The van der Waals surface area contributed by atoms with Crippen LogP contribution in [0, 0.1) is 12.7 Å². The van der Waals surface area contributed by atoms with E-state index in [1.54, 1.807) is 17.4 Å². The van der Waals surface area contributed by atoms with Crippen molar-refractivity contribution in [1.29, 1.82) is 0 Å². The number of fused-ring (bicyclic) bond motifs is 1. The average molecular weight is 327 g/mol. The van der Waals surface area contributed by atoms with Crippen LogP contribution < -0.4 is 0 Å². The number of hydrogen-bond donors (Lipinski definition) is 1. The van der Waals surface area contributed by atoms with E-state index >= 15 is 0 Å². The van der Waals surface area contributed by atoms with Crippen molar-refractivity contribution in [2.24, 2.45) is 0 Å². The summed E-state index contributed by atoms with van der Waals surface area (Å²) >= 11 is 1.66. The molecule has 0 unspecified atom stereocenters. The van der Waals surface area contributed by atoms with Crippen LogP contribution in [0.4, 0.5) is 4.39 Å². The monoisotopic (exact) mass is 327 g/mol. The van der Waals surface area contributed by atoms with Gasteiger partial charge in [-0.25, -0.2) is 4.39 Å². The molecule has 0 aliphatic heterocycles. The zero-order valence-electron chi connectivity index (χ0n) is 13.7. The van der Waals surface area contributed by atoms with Gasteiger partial charge in [-0.15, -0.1) is 11.3 Å². The second-order valence-electron chi connectivity index (χ2n) is 3.93. The molecular formula is C16H26FN3OS. The molecule has 0 saturated carbocycles. The van der Waals surface area contributed by atoms with Gasteiger partial charge in [-0.1, -0.05) is 27.7 Å². The Balaban J connectivity index is 0. The summed E-state index contributed by atoms with van der Waals surface area (Å²) < 4.78 is 14.2. The predicted octanol–water partition coefficient (Wildman–Crippen LogP) is 4.53. The lowest BCUT2D eigenvalue weighted by molar-refractivity contribution is 0.630. The molecule has 3 aromatic rings. The summed E-state index contributed by atoms with van der Waals surface area (Å²) in [5, 5.41) is 11.6. The van der Waals surface area contributed by atoms with Gasteiger partial charge in [0.2, 0.25) is 0 Å². The number of nitrogens with one attached hydrogen (secondary N) is 1. The number of nitrogens with zero attached hydrogens (tertiary/aromatic N) is 2. The molecule has 6 heteroatoms. The van der Waals surface area contributed by atoms with Crippen molar-refractivity contribution < 1.29 is 11.3 Å². The van der Waals surface area contributed by atoms with Crippen LogP contribution in [0.25, 0.3) is 10.1 Å². The number of aromatic nitrogens is 3. The molecule has 0 spiro atoms. The van der Waals surface area contributed by atoms with E-state index in [4.69, 9.17) is 0 Å². The lowest BCUT2D eigenvalue weighted by Crippen LogP contribution is -1.87. The van der Waals surface area contributed by atoms with Crippen molar-refractivity contribution in [2.45, 2.75) is 41.0 Å². The van der Waals surface area contributed by atoms with Gasteiger partial charge < -0.3 is 5.48 Å². The molecule has 0 fully saturated rings. The third kappa shape index (κ3) is 4.89. The fraction of sp³-hybridized carbons (Fsp3) is 0.375. The Bertz CT molecular complexity index is 685. The number of halogens is 1. The van der Waals surface area contributed by atoms with Crippen molar-refractivity contribution >= 4 is 21.4 Å². The van der Waals surface area contributed by atoms with E-state index in [2.05, 4.69) is 15.4 Å². The minimum atomic E-state index is -0.195. The highest BCUT2D eigenvalue weighted by Gasteiger charge is 2.08. The van der Waals surface area contributed by atoms with Gasteiger partial charge >= 0.3 is 0 Å². The number of aromatic amines is 1. The molecule has 0 amide bonds. The molecule has 2 heterocycles. The van der Waals surface area contributed by atoms with Gasteiger partial charge in [0.15, 0.2) is 0 Å². The van der Waals surface area contributed by atoms with Gasteiger partial charge in [-0.2, -0.15) is 15.4 Å². The number of thiophene rings is 1. The molecule has 0 saturated heterocycles. The van der Waals surface area contributed by atoms with Crippen LogP contribution in [-0.2, 0) is 6.42 Å². The van der Waals surface area contributed by atoms with Gasteiger partial charge in [-0.05, 0) is 36.6 Å². The molecule has 0 aliphatic carbocycles. The van der Waals surface area contributed by atoms with E-state index in [1.807, 2.05) is 46.8 Å². The van der Waals surface area contributed by atoms with Gasteiger partial charge in [0.1, 0.15) is 5.82 Å². The zero-order valence-corrected chi connectivity index (χ0v) is 14.5. The highest BCUT2D eigenvalue weighted by atomic mass is 32.1. The summed E-state index contributed by atoms with van der Waals surface area (Å²) in [4.78, 5) is 1.17. The summed E-state index contributed by atoms with van der Waals surface area (Å²) in [6.45, 7) is 9.92. The van der Waals surface area contributed by atoms with Crippen LogP contribution in [0.5, 0.6) is 0 Å². The average Bonchev–Trinajstić information content (AvgIpc) is 3.09. The van der Waals surface area contributed by atoms with Crippen LogP contribution in [0.3, 0.4) is 0 Å². The van der Waals surface area contributed by atoms with Crippen molar-refractivity contribution in [3.63, 3.8) is 0 Å². The van der Waals surface area contributed by atoms with Crippen LogP contribution >= 0.6 is 11.3 Å². The first-order valence-corrected chi connectivity index (χ1v) is 8.08. The van der Waals surface area contributed by atoms with Gasteiger partial charge in [0.25, 0.3) is 0 Å². The number of H-pyrrole nitrogens is 1. The molecule has 124 valence electrons. The van der Waals surface area contributed by atoms with Crippen molar-refractivity contribution in [1.82, 2.24) is 15.4 Å². The number of aryl methyl sites for hydroxylation is 1. The minimum Gasteiger partial charge on any atom is -0.412 e. The topological polar surface area (TPSA) is 73.1 Å². The van der Waals surface area contributed by atoms with Crippen LogP contribution in [0.15, 0.2) is 24.3 Å². The Morgan fingerprint density at radius 2 is 1.82 bits per heavy atom. The van der Waals surface area contributed by atoms with Crippen molar-refractivity contribution in [3.8, 4) is 0 Å². The van der Waals surface area contributed by atoms with E-state index in [-0.39, 0.29) is 12.7 Å². The smallest absolute Gasteiger partial charge is 0.123 e. The highest BCUT2D eigenvalue weighted by Crippen LogP contribution is 2.27. The standard InChI is InChI=1S/C12H10FN3S.2C2H6.H2O.H2/c1-7-11(15-16-14-7)6-10-5-8-4-9(13)2-3-12(8)17-10;2*1-2;;/h2-5H,6H2,1H3,(H,14,15,16);2*1-2H3;1H2;1H. The maximum Gasteiger partial charge on any atom is 0.123 e. The molecule has 1 aromatic carbocycles. The number of benzene rings is 1. The van der Waals surface area contributed by atoms with Crippen LogP contribution in [0.2, 0.25) is 0 Å². The van der Waals surface area contributed by atoms with Crippen molar-refractivity contribution in [2.75, 3.05) is 0 Å². The predicted molar refractivity (Wildman–Crippen MR) is 94.1 cm³/mol. The van der Waals surface area contributed by atoms with Gasteiger partial charge in [0.05, 0.1) is 11.4 Å². The van der Waals surface area contributed by atoms with E-state index in [9.17, 15) is 4.39 Å². The SMILES string of the molecule is CC.CC.Cc1n[nH]nc1Cc1cc2cc(F)ccc2s1.O.[HH]. The fourth-order valence-electron chi connectivity index (χ4n) is 1.79. The molecule has 0 atom stereocenters. The summed E-state index contributed by atoms with van der Waals surface area (Å²) in [7, 11) is 0. The Morgan fingerprint density at radius 3 is 2.41 bits per heavy atom. The van der Waals surface area contributed by atoms with E-state index in [0.717, 1.165) is 27.9 Å². The van der Waals surface area contributed by atoms with Gasteiger partial charge in [0, 0.05) is 17.4 Å². The number of hydrogen-bond acceptors (Lipinski definition) is 3. The first kappa shape index (κ1) is 20.2. The summed E-state index contributed by atoms with van der Waals surface area (Å²) in [6, 6.07) is 6.88. The third-order valence-corrected chi connectivity index (χ3v) is 3.81. The minimum absolute atomic E-state index is 0. The molecule has 0 bridgehead atoms. The van der Waals surface area contributed by atoms with Crippen LogP contribution in [0.1, 0.15) is 45.4 Å². The van der Waals surface area contributed by atoms with Gasteiger partial charge in [-0.3, -0.25) is 0 Å². The Labute approximate surface area is 136 Å². The van der Waals surface area contributed by atoms with E-state index in [0.29, 0.717) is 0 Å². The quantitative estimate of drug-likeness (QED) is 0.751. The maximum absolute atomic E-state index is 13.1. The lowest BCUT2D eigenvalue weighted by Gasteiger charge is -1.91. The first-order chi connectivity index (χ1) is 10.2. The Kier molecular flexibility index (Phi) is 9.21. The van der Waals surface area contributed by atoms with Crippen molar-refractivity contribution in [3.05, 3.63) is 46.3 Å². The summed E-state index contributed by atoms with van der Waals surface area (Å²) in [5.74, 6) is -0.195. The summed E-state index contributed by atoms with van der Waals surface area (Å²) in [5.41, 5.74) is 1.85. The first-order valence-electron chi connectivity index (χ1n) is 7.26. The Morgan fingerprint density at radius 1 is 1.14 bits per heavy atom. The lowest BCUT2D eigenvalue weighted by atomic mass is 10.2. The second kappa shape index (κ2) is 10.0. The largest absolute Gasteiger partial charge is 0.412 e. The molecule has 4 nitrogen and oxygen atoms in total. The molecule has 2 aromatic heterocycles. The second-order valence-corrected chi connectivity index (χ2v) is 5.10. The zero-order chi connectivity index (χ0) is 15.8. The fourth-order valence-corrected chi connectivity index (χ4v) is 2.84. The molecular weight excluding hydrogens is 301 g/mol. The molecule has 0 radical (unpaired) electrons. The molecule has 22 heavy (non-hydrogen) atoms. The molecule has 3 N–H and O–H groups in total. The normalized spacial score (nSPS) is 9.18. The Hall–Kier alpha value is -1.79.